The van der Waals surface area contributed by atoms with Crippen molar-refractivity contribution in [2.24, 2.45) is 0 Å². The molecule has 0 amide bonds. The molecule has 0 fully saturated rings. The average Bonchev–Trinajstić information content (AvgIpc) is 2.55. The van der Waals surface area contributed by atoms with Gasteiger partial charge in [0, 0.05) is 12.0 Å². The molecule has 0 aliphatic rings. The second-order valence-electron chi connectivity index (χ2n) is 3.16. The van der Waals surface area contributed by atoms with Crippen LogP contribution in [0.3, 0.4) is 0 Å². The van der Waals surface area contributed by atoms with E-state index >= 15 is 0 Å². The summed E-state index contributed by atoms with van der Waals surface area (Å²) in [5.41, 5.74) is 1.31. The van der Waals surface area contributed by atoms with E-state index in [0.717, 1.165) is 13.0 Å². The van der Waals surface area contributed by atoms with Gasteiger partial charge in [-0.05, 0) is 54.5 Å². The second kappa shape index (κ2) is 5.85. The standard InChI is InChI=1S/C10H16BrNOS/c1-7(13-3)8-6-10(11)14-9(8)4-5-12-2/h6-7,12H,4-5H2,1-3H3. The predicted molar refractivity (Wildman–Crippen MR) is 65.1 cm³/mol. The fourth-order valence-electron chi connectivity index (χ4n) is 1.31. The van der Waals surface area contributed by atoms with Crippen molar-refractivity contribution in [2.75, 3.05) is 20.7 Å². The summed E-state index contributed by atoms with van der Waals surface area (Å²) in [5, 5.41) is 3.16. The summed E-state index contributed by atoms with van der Waals surface area (Å²) in [6.45, 7) is 3.09. The summed E-state index contributed by atoms with van der Waals surface area (Å²) >= 11 is 5.31. The van der Waals surface area contributed by atoms with Crippen LogP contribution in [0.15, 0.2) is 9.85 Å². The zero-order chi connectivity index (χ0) is 10.6. The summed E-state index contributed by atoms with van der Waals surface area (Å²) in [6.07, 6.45) is 1.25. The first-order chi connectivity index (χ1) is 6.69. The molecule has 1 aromatic heterocycles. The number of rotatable bonds is 5. The number of thiophene rings is 1. The van der Waals surface area contributed by atoms with Gasteiger partial charge in [0.25, 0.3) is 0 Å². The van der Waals surface area contributed by atoms with E-state index in [1.807, 2.05) is 7.05 Å². The molecule has 0 spiro atoms. The summed E-state index contributed by atoms with van der Waals surface area (Å²) in [7, 11) is 3.72. The van der Waals surface area contributed by atoms with Gasteiger partial charge in [-0.2, -0.15) is 0 Å². The molecule has 1 unspecified atom stereocenters. The van der Waals surface area contributed by atoms with Gasteiger partial charge in [-0.15, -0.1) is 11.3 Å². The Hall–Kier alpha value is 0.1000. The van der Waals surface area contributed by atoms with Crippen LogP contribution in [-0.2, 0) is 11.2 Å². The topological polar surface area (TPSA) is 21.3 Å². The first-order valence-corrected chi connectivity index (χ1v) is 6.25. The van der Waals surface area contributed by atoms with Gasteiger partial charge < -0.3 is 10.1 Å². The maximum absolute atomic E-state index is 5.34. The largest absolute Gasteiger partial charge is 0.377 e. The van der Waals surface area contributed by atoms with Crippen LogP contribution in [0.4, 0.5) is 0 Å². The van der Waals surface area contributed by atoms with Crippen molar-refractivity contribution in [3.05, 3.63) is 20.3 Å². The van der Waals surface area contributed by atoms with E-state index in [1.54, 1.807) is 18.4 Å². The highest BCUT2D eigenvalue weighted by molar-refractivity contribution is 9.11. The fourth-order valence-corrected chi connectivity index (χ4v) is 3.11. The minimum absolute atomic E-state index is 0.185. The van der Waals surface area contributed by atoms with Gasteiger partial charge in [-0.1, -0.05) is 0 Å². The smallest absolute Gasteiger partial charge is 0.0804 e. The number of nitrogens with one attached hydrogen (secondary N) is 1. The molecule has 0 saturated heterocycles. The molecule has 4 heteroatoms. The van der Waals surface area contributed by atoms with E-state index in [2.05, 4.69) is 34.2 Å². The third-order valence-corrected chi connectivity index (χ3v) is 3.92. The van der Waals surface area contributed by atoms with E-state index in [9.17, 15) is 0 Å². The Morgan fingerprint density at radius 2 is 2.36 bits per heavy atom. The lowest BCUT2D eigenvalue weighted by atomic mass is 10.1. The normalized spacial score (nSPS) is 13.1. The third-order valence-electron chi connectivity index (χ3n) is 2.21. The van der Waals surface area contributed by atoms with Crippen molar-refractivity contribution < 1.29 is 4.74 Å². The van der Waals surface area contributed by atoms with E-state index in [4.69, 9.17) is 4.74 Å². The van der Waals surface area contributed by atoms with Crippen LogP contribution in [0.1, 0.15) is 23.5 Å². The zero-order valence-electron chi connectivity index (χ0n) is 8.76. The summed E-state index contributed by atoms with van der Waals surface area (Å²) < 4.78 is 6.52. The minimum atomic E-state index is 0.185. The third kappa shape index (κ3) is 3.05. The molecule has 0 radical (unpaired) electrons. The molecule has 0 saturated carbocycles. The Morgan fingerprint density at radius 3 is 2.93 bits per heavy atom. The first-order valence-electron chi connectivity index (χ1n) is 4.64. The number of methoxy groups -OCH3 is 1. The molecular weight excluding hydrogens is 262 g/mol. The van der Waals surface area contributed by atoms with Gasteiger partial charge in [-0.25, -0.2) is 0 Å². The van der Waals surface area contributed by atoms with Gasteiger partial charge in [0.05, 0.1) is 9.89 Å². The van der Waals surface area contributed by atoms with Crippen molar-refractivity contribution in [2.45, 2.75) is 19.4 Å². The summed E-state index contributed by atoms with van der Waals surface area (Å²) in [4.78, 5) is 1.40. The monoisotopic (exact) mass is 277 g/mol. The fraction of sp³-hybridized carbons (Fsp3) is 0.600. The molecule has 1 atom stereocenters. The van der Waals surface area contributed by atoms with Crippen molar-refractivity contribution in [3.8, 4) is 0 Å². The van der Waals surface area contributed by atoms with Crippen LogP contribution in [0.25, 0.3) is 0 Å². The van der Waals surface area contributed by atoms with Crippen molar-refractivity contribution in [1.82, 2.24) is 5.32 Å². The van der Waals surface area contributed by atoms with E-state index in [0.29, 0.717) is 0 Å². The van der Waals surface area contributed by atoms with Crippen LogP contribution < -0.4 is 5.32 Å². The van der Waals surface area contributed by atoms with E-state index in [-0.39, 0.29) is 6.10 Å². The van der Waals surface area contributed by atoms with Gasteiger partial charge in [0.15, 0.2) is 0 Å². The van der Waals surface area contributed by atoms with Crippen LogP contribution in [0, 0.1) is 0 Å². The molecule has 1 heterocycles. The van der Waals surface area contributed by atoms with Gasteiger partial charge in [0.1, 0.15) is 0 Å². The Labute approximate surface area is 97.8 Å². The summed E-state index contributed by atoms with van der Waals surface area (Å²) in [6, 6.07) is 2.16. The highest BCUT2D eigenvalue weighted by Crippen LogP contribution is 2.32. The molecule has 14 heavy (non-hydrogen) atoms. The lowest BCUT2D eigenvalue weighted by molar-refractivity contribution is 0.119. The molecule has 1 rings (SSSR count). The van der Waals surface area contributed by atoms with Crippen molar-refractivity contribution in [3.63, 3.8) is 0 Å². The minimum Gasteiger partial charge on any atom is -0.377 e. The number of likely N-dealkylation sites (N-methyl/N-ethyl adjacent to an activating group) is 1. The Kier molecular flexibility index (Phi) is 5.09. The maximum Gasteiger partial charge on any atom is 0.0804 e. The molecule has 1 aromatic rings. The lowest BCUT2D eigenvalue weighted by Crippen LogP contribution is -2.11. The number of hydrogen-bond donors (Lipinski definition) is 1. The molecule has 1 N–H and O–H groups in total. The highest BCUT2D eigenvalue weighted by Gasteiger charge is 2.13. The molecule has 0 aliphatic heterocycles. The Morgan fingerprint density at radius 1 is 1.64 bits per heavy atom. The van der Waals surface area contributed by atoms with E-state index < -0.39 is 0 Å². The van der Waals surface area contributed by atoms with Gasteiger partial charge in [0.2, 0.25) is 0 Å². The van der Waals surface area contributed by atoms with Gasteiger partial charge in [-0.3, -0.25) is 0 Å². The van der Waals surface area contributed by atoms with Crippen molar-refractivity contribution in [1.29, 1.82) is 0 Å². The summed E-state index contributed by atoms with van der Waals surface area (Å²) in [5.74, 6) is 0. The molecule has 2 nitrogen and oxygen atoms in total. The molecule has 80 valence electrons. The number of hydrogen-bond acceptors (Lipinski definition) is 3. The van der Waals surface area contributed by atoms with Gasteiger partial charge >= 0.3 is 0 Å². The Balaban J connectivity index is 2.79. The van der Waals surface area contributed by atoms with Crippen LogP contribution in [0.2, 0.25) is 0 Å². The second-order valence-corrected chi connectivity index (χ2v) is 5.68. The van der Waals surface area contributed by atoms with E-state index in [1.165, 1.54) is 14.2 Å². The maximum atomic E-state index is 5.34. The predicted octanol–water partition coefficient (Wildman–Crippen LogP) is 2.98. The first kappa shape index (κ1) is 12.2. The van der Waals surface area contributed by atoms with Crippen LogP contribution >= 0.6 is 27.3 Å². The van der Waals surface area contributed by atoms with Crippen LogP contribution in [-0.4, -0.2) is 20.7 Å². The molecule has 0 aliphatic carbocycles. The van der Waals surface area contributed by atoms with Crippen molar-refractivity contribution >= 4 is 27.3 Å². The zero-order valence-corrected chi connectivity index (χ0v) is 11.2. The molecule has 0 aromatic carbocycles. The molecular formula is C10H16BrNOS. The lowest BCUT2D eigenvalue weighted by Gasteiger charge is -2.10. The number of ether oxygens (including phenoxy) is 1. The quantitative estimate of drug-likeness (QED) is 0.894. The average molecular weight is 278 g/mol. The highest BCUT2D eigenvalue weighted by atomic mass is 79.9. The van der Waals surface area contributed by atoms with Crippen LogP contribution in [0.5, 0.6) is 0 Å². The number of halogens is 1. The molecule has 0 bridgehead atoms. The SMILES string of the molecule is CNCCc1sc(Br)cc1C(C)OC. The Bertz CT molecular complexity index is 288.